The van der Waals surface area contributed by atoms with Gasteiger partial charge in [0.1, 0.15) is 29.6 Å². The van der Waals surface area contributed by atoms with Gasteiger partial charge in [0.25, 0.3) is 0 Å². The van der Waals surface area contributed by atoms with Crippen LogP contribution >= 0.6 is 22.7 Å². The van der Waals surface area contributed by atoms with E-state index >= 15 is 0 Å². The summed E-state index contributed by atoms with van der Waals surface area (Å²) in [5.74, 6) is 1.94. The molecule has 2 N–H and O–H groups in total. The highest BCUT2D eigenvalue weighted by atomic mass is 32.1. The van der Waals surface area contributed by atoms with Gasteiger partial charge in [-0.15, -0.1) is 0 Å². The Bertz CT molecular complexity index is 2610. The Balaban J connectivity index is 1.11. The van der Waals surface area contributed by atoms with E-state index in [0.717, 1.165) is 92.5 Å². The lowest BCUT2D eigenvalue weighted by molar-refractivity contribution is -0.142. The van der Waals surface area contributed by atoms with Crippen molar-refractivity contribution in [3.63, 3.8) is 0 Å². The number of unbranched alkanes of at least 4 members (excludes halogenated alkanes) is 4. The molecule has 0 aliphatic carbocycles. The number of aliphatic hydroxyl groups is 2. The van der Waals surface area contributed by atoms with Crippen LogP contribution < -0.4 is 28.4 Å². The van der Waals surface area contributed by atoms with E-state index in [1.807, 2.05) is 72.8 Å². The highest BCUT2D eigenvalue weighted by molar-refractivity contribution is 7.16. The normalized spacial score (nSPS) is 12.3. The molecule has 0 aliphatic heterocycles. The van der Waals surface area contributed by atoms with Crippen LogP contribution in [0, 0.1) is 0 Å². The standard InChI is InChI=1S/C56H66O11S2/c1-7-9-11-13-37-15-21-46(50(27-37)62-5)48-29-39-17-19-44(32-52(39)68-55(48)60)64-25-23-43(66-34-41(57)31-42(58)35-67-54(59)36(3)4)24-26-65-45-20-18-40-30-49(56(61)69-53(40)33-45)47-22-16-38(14-12-10-8-2)28-51(47)63-6/h15-22,27-30,32-33,41-43,57-58H,3,7-14,23-26,31,34-35H2,1-2,4-6H3. The predicted octanol–water partition coefficient (Wildman–Crippen LogP) is 11.5. The molecule has 2 atom stereocenters. The summed E-state index contributed by atoms with van der Waals surface area (Å²) in [6.45, 7) is 9.59. The molecule has 0 amide bonds. The van der Waals surface area contributed by atoms with Gasteiger partial charge in [-0.2, -0.15) is 0 Å². The zero-order chi connectivity index (χ0) is 49.3. The Morgan fingerprint density at radius 3 is 1.55 bits per heavy atom. The summed E-state index contributed by atoms with van der Waals surface area (Å²) in [6.07, 6.45) is 7.01. The molecule has 0 radical (unpaired) electrons. The van der Waals surface area contributed by atoms with Gasteiger partial charge in [-0.3, -0.25) is 9.59 Å². The molecular formula is C56H66O11S2. The third-order valence-corrected chi connectivity index (χ3v) is 13.9. The molecule has 0 bridgehead atoms. The largest absolute Gasteiger partial charge is 0.496 e. The van der Waals surface area contributed by atoms with Crippen molar-refractivity contribution in [2.75, 3.05) is 40.6 Å². The van der Waals surface area contributed by atoms with Crippen molar-refractivity contribution in [1.82, 2.24) is 0 Å². The maximum atomic E-state index is 13.5. The minimum Gasteiger partial charge on any atom is -0.496 e. The van der Waals surface area contributed by atoms with Crippen LogP contribution in [0.5, 0.6) is 23.0 Å². The molecule has 69 heavy (non-hydrogen) atoms. The predicted molar refractivity (Wildman–Crippen MR) is 279 cm³/mol. The first-order valence-electron chi connectivity index (χ1n) is 24.0. The molecule has 4 aromatic carbocycles. The van der Waals surface area contributed by atoms with Crippen molar-refractivity contribution < 1.29 is 43.4 Å². The van der Waals surface area contributed by atoms with Gasteiger partial charge in [0.2, 0.25) is 9.48 Å². The van der Waals surface area contributed by atoms with Crippen LogP contribution in [0.1, 0.15) is 89.7 Å². The number of hydrogen-bond acceptors (Lipinski definition) is 13. The van der Waals surface area contributed by atoms with Crippen molar-refractivity contribution in [3.8, 4) is 45.3 Å². The molecule has 0 saturated heterocycles. The summed E-state index contributed by atoms with van der Waals surface area (Å²) >= 11 is 2.32. The molecule has 11 nitrogen and oxygen atoms in total. The molecule has 2 heterocycles. The zero-order valence-corrected chi connectivity index (χ0v) is 42.1. The first-order chi connectivity index (χ1) is 33.4. The second kappa shape index (κ2) is 26.4. The third kappa shape index (κ3) is 15.2. The van der Waals surface area contributed by atoms with Crippen molar-refractivity contribution >= 4 is 48.8 Å². The minimum absolute atomic E-state index is 0.0686. The summed E-state index contributed by atoms with van der Waals surface area (Å²) in [6, 6.07) is 27.4. The maximum Gasteiger partial charge on any atom is 0.333 e. The van der Waals surface area contributed by atoms with Crippen LogP contribution in [0.25, 0.3) is 42.4 Å². The second-order valence-corrected chi connectivity index (χ2v) is 19.5. The molecule has 0 aliphatic rings. The maximum absolute atomic E-state index is 13.5. The number of esters is 1. The number of ether oxygens (including phenoxy) is 6. The van der Waals surface area contributed by atoms with Gasteiger partial charge in [-0.1, -0.05) is 93.0 Å². The fourth-order valence-electron chi connectivity index (χ4n) is 8.04. The first-order valence-corrected chi connectivity index (χ1v) is 25.6. The Morgan fingerprint density at radius 1 is 0.623 bits per heavy atom. The number of carbonyl (C=O) groups excluding carboxylic acids is 1. The topological polar surface area (TPSA) is 147 Å². The van der Waals surface area contributed by atoms with Gasteiger partial charge in [-0.25, -0.2) is 4.79 Å². The molecule has 13 heteroatoms. The number of carbonyl (C=O) groups is 1. The molecule has 0 fully saturated rings. The fourth-order valence-corrected chi connectivity index (χ4v) is 9.84. The SMILES string of the molecule is C=C(C)C(=O)OCC(O)CC(O)COC(CCOc1ccc2cc(-c3ccc(CCCCC)cc3OC)c(=O)sc2c1)CCOc1ccc2cc(-c3ccc(CCCCC)cc3OC)c(=O)sc2c1. The average molecular weight is 979 g/mol. The van der Waals surface area contributed by atoms with Crippen molar-refractivity contribution in [2.45, 2.75) is 110 Å². The van der Waals surface area contributed by atoms with Crippen molar-refractivity contribution in [2.24, 2.45) is 0 Å². The second-order valence-electron chi connectivity index (χ2n) is 17.4. The van der Waals surface area contributed by atoms with Crippen molar-refractivity contribution in [3.05, 3.63) is 127 Å². The highest BCUT2D eigenvalue weighted by Crippen LogP contribution is 2.35. The quantitative estimate of drug-likeness (QED) is 0.0275. The summed E-state index contributed by atoms with van der Waals surface area (Å²) in [5.41, 5.74) is 5.30. The smallest absolute Gasteiger partial charge is 0.333 e. The van der Waals surface area contributed by atoms with E-state index in [4.69, 9.17) is 28.4 Å². The lowest BCUT2D eigenvalue weighted by Gasteiger charge is -2.22. The zero-order valence-electron chi connectivity index (χ0n) is 40.5. The van der Waals surface area contributed by atoms with Crippen molar-refractivity contribution in [1.29, 1.82) is 0 Å². The lowest BCUT2D eigenvalue weighted by atomic mass is 10.0. The average Bonchev–Trinajstić information content (AvgIpc) is 3.34. The van der Waals surface area contributed by atoms with Gasteiger partial charge in [0.05, 0.1) is 52.4 Å². The van der Waals surface area contributed by atoms with Crippen LogP contribution in [0.15, 0.2) is 107 Å². The van der Waals surface area contributed by atoms with E-state index < -0.39 is 24.3 Å². The molecule has 6 rings (SSSR count). The van der Waals surface area contributed by atoms with Crippen LogP contribution in [-0.2, 0) is 27.1 Å². The van der Waals surface area contributed by atoms with Crippen LogP contribution in [0.2, 0.25) is 0 Å². The monoisotopic (exact) mass is 978 g/mol. The van der Waals surface area contributed by atoms with Crippen LogP contribution in [-0.4, -0.2) is 75.1 Å². The number of aryl methyl sites for hydroxylation is 2. The Labute approximate surface area is 413 Å². The number of rotatable bonds is 28. The van der Waals surface area contributed by atoms with Crippen LogP contribution in [0.4, 0.5) is 0 Å². The Morgan fingerprint density at radius 2 is 1.10 bits per heavy atom. The van der Waals surface area contributed by atoms with Gasteiger partial charge in [0.15, 0.2) is 0 Å². The van der Waals surface area contributed by atoms with Gasteiger partial charge < -0.3 is 38.6 Å². The Hall–Kier alpha value is -5.57. The summed E-state index contributed by atoms with van der Waals surface area (Å²) in [4.78, 5) is 38.8. The molecule has 6 aromatic rings. The number of benzene rings is 4. The summed E-state index contributed by atoms with van der Waals surface area (Å²) < 4.78 is 36.5. The molecule has 368 valence electrons. The van der Waals surface area contributed by atoms with E-state index in [2.05, 4.69) is 32.6 Å². The van der Waals surface area contributed by atoms with Gasteiger partial charge in [-0.05, 0) is 115 Å². The lowest BCUT2D eigenvalue weighted by Crippen LogP contribution is -2.29. The number of aliphatic hydroxyl groups excluding tert-OH is 2. The highest BCUT2D eigenvalue weighted by Gasteiger charge is 2.20. The molecule has 2 unspecified atom stereocenters. The van der Waals surface area contributed by atoms with E-state index in [0.29, 0.717) is 47.0 Å². The first kappa shape index (κ1) is 52.8. The van der Waals surface area contributed by atoms with E-state index in [-0.39, 0.29) is 47.9 Å². The van der Waals surface area contributed by atoms with Gasteiger partial charge >= 0.3 is 5.97 Å². The number of fused-ring (bicyclic) bond motifs is 2. The summed E-state index contributed by atoms with van der Waals surface area (Å²) in [7, 11) is 3.27. The molecule has 2 aromatic heterocycles. The number of methoxy groups -OCH3 is 2. The fraction of sp³-hybridized carbons (Fsp3) is 0.411. The molecule has 0 spiro atoms. The third-order valence-electron chi connectivity index (χ3n) is 11.9. The van der Waals surface area contributed by atoms with Gasteiger partial charge in [0, 0.05) is 56.5 Å². The Kier molecular flexibility index (Phi) is 20.2. The number of hydrogen-bond donors (Lipinski definition) is 2. The van der Waals surface area contributed by atoms with E-state index in [9.17, 15) is 24.6 Å². The minimum atomic E-state index is -1.10. The van der Waals surface area contributed by atoms with Crippen LogP contribution in [0.3, 0.4) is 0 Å². The molecule has 0 saturated carbocycles. The summed E-state index contributed by atoms with van der Waals surface area (Å²) in [5, 5.41) is 23.0. The van der Waals surface area contributed by atoms with E-state index in [1.165, 1.54) is 30.9 Å². The molecular weight excluding hydrogens is 913 g/mol. The van der Waals surface area contributed by atoms with E-state index in [1.54, 1.807) is 14.2 Å².